The van der Waals surface area contributed by atoms with Crippen molar-refractivity contribution in [2.24, 2.45) is 0 Å². The molecule has 0 bridgehead atoms. The van der Waals surface area contributed by atoms with Gasteiger partial charge in [0.25, 0.3) is 5.91 Å². The van der Waals surface area contributed by atoms with Crippen LogP contribution in [0.1, 0.15) is 30.1 Å². The van der Waals surface area contributed by atoms with Crippen LogP contribution >= 0.6 is 15.9 Å². The summed E-state index contributed by atoms with van der Waals surface area (Å²) in [5.41, 5.74) is 0.252. The highest BCUT2D eigenvalue weighted by atomic mass is 79.9. The van der Waals surface area contributed by atoms with Gasteiger partial charge in [-0.15, -0.1) is 0 Å². The lowest BCUT2D eigenvalue weighted by atomic mass is 10.1. The van der Waals surface area contributed by atoms with Gasteiger partial charge in [-0.05, 0) is 40.5 Å². The zero-order chi connectivity index (χ0) is 12.8. The highest BCUT2D eigenvalue weighted by Gasteiger charge is 2.13. The van der Waals surface area contributed by atoms with Crippen LogP contribution in [0.25, 0.3) is 0 Å². The molecule has 5 heteroatoms. The first-order chi connectivity index (χ1) is 8.08. The maximum atomic E-state index is 13.2. The minimum atomic E-state index is -0.481. The summed E-state index contributed by atoms with van der Waals surface area (Å²) in [6.07, 6.45) is 0.916. The Morgan fingerprint density at radius 3 is 2.88 bits per heavy atom. The van der Waals surface area contributed by atoms with Crippen LogP contribution < -0.4 is 5.32 Å². The van der Waals surface area contributed by atoms with E-state index in [1.807, 2.05) is 13.0 Å². The molecule has 3 nitrogen and oxygen atoms in total. The minimum absolute atomic E-state index is 0.195. The van der Waals surface area contributed by atoms with E-state index < -0.39 is 5.82 Å². The maximum Gasteiger partial charge on any atom is 0.251 e. The van der Waals surface area contributed by atoms with E-state index in [1.54, 1.807) is 0 Å². The lowest BCUT2D eigenvalue weighted by molar-refractivity contribution is 0.0936. The van der Waals surface area contributed by atoms with E-state index in [2.05, 4.69) is 21.2 Å². The molecule has 0 aliphatic heterocycles. The summed E-state index contributed by atoms with van der Waals surface area (Å²) in [7, 11) is 0. The summed E-state index contributed by atoms with van der Waals surface area (Å²) in [5.74, 6) is -0.843. The third-order valence-electron chi connectivity index (χ3n) is 2.35. The highest BCUT2D eigenvalue weighted by molar-refractivity contribution is 9.10. The van der Waals surface area contributed by atoms with Gasteiger partial charge in [0.1, 0.15) is 5.82 Å². The van der Waals surface area contributed by atoms with Crippen molar-refractivity contribution in [1.82, 2.24) is 5.32 Å². The molecule has 1 aromatic carbocycles. The predicted molar refractivity (Wildman–Crippen MR) is 65.9 cm³/mol. The molecule has 0 heterocycles. The fourth-order valence-electron chi connectivity index (χ4n) is 1.31. The summed E-state index contributed by atoms with van der Waals surface area (Å²) in [4.78, 5) is 11.7. The molecule has 0 aliphatic rings. The normalized spacial score (nSPS) is 11.6. The number of amides is 1. The molecule has 0 fully saturated rings. The van der Waals surface area contributed by atoms with Crippen molar-refractivity contribution in [2.45, 2.75) is 25.8 Å². The first-order valence-electron chi connectivity index (χ1n) is 5.21. The summed E-state index contributed by atoms with van der Waals surface area (Å²) in [6.45, 7) is 1.88. The second kappa shape index (κ2) is 6.36. The van der Waals surface area contributed by atoms with Crippen molar-refractivity contribution in [2.75, 3.05) is 0 Å². The van der Waals surface area contributed by atoms with Gasteiger partial charge >= 0.3 is 0 Å². The molecule has 1 rings (SSSR count). The molecule has 1 amide bonds. The van der Waals surface area contributed by atoms with Crippen LogP contribution in [0.15, 0.2) is 22.7 Å². The van der Waals surface area contributed by atoms with Crippen molar-refractivity contribution in [3.05, 3.63) is 34.1 Å². The smallest absolute Gasteiger partial charge is 0.251 e. The fraction of sp³-hybridized carbons (Fsp3) is 0.333. The van der Waals surface area contributed by atoms with E-state index in [-0.39, 0.29) is 23.9 Å². The molecule has 0 aliphatic carbocycles. The van der Waals surface area contributed by atoms with Crippen molar-refractivity contribution in [1.29, 1.82) is 5.26 Å². The number of nitriles is 1. The van der Waals surface area contributed by atoms with Gasteiger partial charge in [0.05, 0.1) is 17.0 Å². The molecular formula is C12H12BrFN2O. The van der Waals surface area contributed by atoms with Crippen LogP contribution in [0, 0.1) is 17.1 Å². The van der Waals surface area contributed by atoms with Crippen LogP contribution in [0.2, 0.25) is 0 Å². The Labute approximate surface area is 108 Å². The van der Waals surface area contributed by atoms with Gasteiger partial charge in [-0.2, -0.15) is 5.26 Å². The van der Waals surface area contributed by atoms with Gasteiger partial charge in [0, 0.05) is 11.6 Å². The number of nitrogens with one attached hydrogen (secondary N) is 1. The number of nitrogens with zero attached hydrogens (tertiary/aromatic N) is 1. The van der Waals surface area contributed by atoms with E-state index >= 15 is 0 Å². The van der Waals surface area contributed by atoms with E-state index in [4.69, 9.17) is 5.26 Å². The Bertz CT molecular complexity index is 456. The average Bonchev–Trinajstić information content (AvgIpc) is 2.31. The fourth-order valence-corrected chi connectivity index (χ4v) is 1.56. The molecule has 0 radical (unpaired) electrons. The molecule has 1 atom stereocenters. The zero-order valence-corrected chi connectivity index (χ0v) is 10.9. The summed E-state index contributed by atoms with van der Waals surface area (Å²) >= 11 is 3.02. The Morgan fingerprint density at radius 1 is 1.65 bits per heavy atom. The molecule has 0 aromatic heterocycles. The van der Waals surface area contributed by atoms with Crippen molar-refractivity contribution >= 4 is 21.8 Å². The monoisotopic (exact) mass is 298 g/mol. The Balaban J connectivity index is 2.76. The SMILES string of the molecule is CCC(CC#N)NC(=O)c1ccc(Br)c(F)c1. The number of hydrogen-bond donors (Lipinski definition) is 1. The van der Waals surface area contributed by atoms with Gasteiger partial charge in [-0.3, -0.25) is 4.79 Å². The van der Waals surface area contributed by atoms with Crippen molar-refractivity contribution in [3.63, 3.8) is 0 Å². The molecule has 0 spiro atoms. The van der Waals surface area contributed by atoms with Gasteiger partial charge in [-0.1, -0.05) is 6.92 Å². The largest absolute Gasteiger partial charge is 0.348 e. The van der Waals surface area contributed by atoms with Gasteiger partial charge in [0.2, 0.25) is 0 Å². The number of benzene rings is 1. The molecule has 90 valence electrons. The third kappa shape index (κ3) is 3.82. The third-order valence-corrected chi connectivity index (χ3v) is 2.99. The molecule has 0 saturated carbocycles. The van der Waals surface area contributed by atoms with Crippen LogP contribution in [-0.2, 0) is 0 Å². The highest BCUT2D eigenvalue weighted by Crippen LogP contribution is 2.16. The van der Waals surface area contributed by atoms with Crippen molar-refractivity contribution in [3.8, 4) is 6.07 Å². The summed E-state index contributed by atoms with van der Waals surface area (Å²) in [6, 6.07) is 5.98. The summed E-state index contributed by atoms with van der Waals surface area (Å²) in [5, 5.41) is 11.3. The number of rotatable bonds is 4. The lowest BCUT2D eigenvalue weighted by Gasteiger charge is -2.13. The second-order valence-corrected chi connectivity index (χ2v) is 4.42. The summed E-state index contributed by atoms with van der Waals surface area (Å²) < 4.78 is 13.5. The topological polar surface area (TPSA) is 52.9 Å². The zero-order valence-electron chi connectivity index (χ0n) is 9.34. The first kappa shape index (κ1) is 13.7. The maximum absolute atomic E-state index is 13.2. The van der Waals surface area contributed by atoms with Crippen LogP contribution in [-0.4, -0.2) is 11.9 Å². The predicted octanol–water partition coefficient (Wildman–Crippen LogP) is 3.01. The van der Waals surface area contributed by atoms with Crippen molar-refractivity contribution < 1.29 is 9.18 Å². The Kier molecular flexibility index (Phi) is 5.11. The van der Waals surface area contributed by atoms with E-state index in [9.17, 15) is 9.18 Å². The second-order valence-electron chi connectivity index (χ2n) is 3.57. The molecule has 1 N–H and O–H groups in total. The number of halogens is 2. The van der Waals surface area contributed by atoms with Crippen LogP contribution in [0.4, 0.5) is 4.39 Å². The first-order valence-corrected chi connectivity index (χ1v) is 6.00. The number of carbonyl (C=O) groups excluding carboxylic acids is 1. The Hall–Kier alpha value is -1.41. The van der Waals surface area contributed by atoms with Crippen LogP contribution in [0.3, 0.4) is 0 Å². The standard InChI is InChI=1S/C12H12BrFN2O/c1-2-9(5-6-15)16-12(17)8-3-4-10(13)11(14)7-8/h3-4,7,9H,2,5H2,1H3,(H,16,17). The Morgan fingerprint density at radius 2 is 2.35 bits per heavy atom. The molecule has 0 saturated heterocycles. The van der Waals surface area contributed by atoms with E-state index in [0.29, 0.717) is 10.9 Å². The van der Waals surface area contributed by atoms with Gasteiger partial charge < -0.3 is 5.32 Å². The molecular weight excluding hydrogens is 287 g/mol. The number of carbonyl (C=O) groups is 1. The van der Waals surface area contributed by atoms with Gasteiger partial charge in [-0.25, -0.2) is 4.39 Å². The van der Waals surface area contributed by atoms with Crippen LogP contribution in [0.5, 0.6) is 0 Å². The average molecular weight is 299 g/mol. The molecule has 17 heavy (non-hydrogen) atoms. The molecule has 1 unspecified atom stereocenters. The van der Waals surface area contributed by atoms with E-state index in [1.165, 1.54) is 18.2 Å². The molecule has 1 aromatic rings. The van der Waals surface area contributed by atoms with Gasteiger partial charge in [0.15, 0.2) is 0 Å². The quantitative estimate of drug-likeness (QED) is 0.929. The number of hydrogen-bond acceptors (Lipinski definition) is 2. The minimum Gasteiger partial charge on any atom is -0.348 e. The lowest BCUT2D eigenvalue weighted by Crippen LogP contribution is -2.34. The van der Waals surface area contributed by atoms with E-state index in [0.717, 1.165) is 0 Å².